The highest BCUT2D eigenvalue weighted by atomic mass is 16.3. The van der Waals surface area contributed by atoms with Crippen LogP contribution in [-0.4, -0.2) is 37.0 Å². The number of aliphatic hydroxyl groups excluding tert-OH is 2. The van der Waals surface area contributed by atoms with E-state index in [1.54, 1.807) is 0 Å². The van der Waals surface area contributed by atoms with E-state index >= 15 is 0 Å². The number of unbranched alkanes of at least 4 members (excludes halogenated alkanes) is 1. The summed E-state index contributed by atoms with van der Waals surface area (Å²) in [6.07, 6.45) is 4.08. The molecule has 0 amide bonds. The van der Waals surface area contributed by atoms with E-state index in [1.165, 1.54) is 6.42 Å². The van der Waals surface area contributed by atoms with Gasteiger partial charge in [0.2, 0.25) is 0 Å². The molecule has 0 unspecified atom stereocenters. The normalized spacial score (nSPS) is 10.5. The zero-order valence-corrected chi connectivity index (χ0v) is 10.5. The molecule has 0 aromatic rings. The predicted octanol–water partition coefficient (Wildman–Crippen LogP) is 1.78. The molecule has 3 nitrogen and oxygen atoms in total. The molecule has 0 aliphatic rings. The Kier molecular flexibility index (Phi) is 32.0. The van der Waals surface area contributed by atoms with Gasteiger partial charge in [0.05, 0.1) is 6.10 Å². The average molecular weight is 207 g/mol. The Labute approximate surface area is 89.5 Å². The van der Waals surface area contributed by atoms with Crippen LogP contribution in [0.5, 0.6) is 0 Å². The van der Waals surface area contributed by atoms with Crippen molar-refractivity contribution in [1.29, 1.82) is 0 Å². The highest BCUT2D eigenvalue weighted by Crippen LogP contribution is 2.02. The van der Waals surface area contributed by atoms with Crippen molar-refractivity contribution < 1.29 is 10.2 Å². The molecular formula is C11H29NO2. The molecule has 3 heteroatoms. The molecule has 0 saturated carbocycles. The minimum atomic E-state index is -0.0724. The second-order valence-electron chi connectivity index (χ2n) is 2.66. The Bertz CT molecular complexity index is 70.3. The van der Waals surface area contributed by atoms with Crippen LogP contribution in [0.3, 0.4) is 0 Å². The zero-order chi connectivity index (χ0) is 11.8. The second-order valence-corrected chi connectivity index (χ2v) is 2.66. The van der Waals surface area contributed by atoms with Gasteiger partial charge in [-0.2, -0.15) is 0 Å². The molecule has 0 fully saturated rings. The molecule has 14 heavy (non-hydrogen) atoms. The van der Waals surface area contributed by atoms with Gasteiger partial charge in [0.15, 0.2) is 0 Å². The summed E-state index contributed by atoms with van der Waals surface area (Å²) < 4.78 is 0. The molecular weight excluding hydrogens is 178 g/mol. The van der Waals surface area contributed by atoms with E-state index in [1.807, 2.05) is 27.8 Å². The van der Waals surface area contributed by atoms with Crippen LogP contribution in [0.1, 0.15) is 46.5 Å². The van der Waals surface area contributed by atoms with Gasteiger partial charge in [0.25, 0.3) is 0 Å². The molecule has 3 N–H and O–H groups in total. The van der Waals surface area contributed by atoms with Crippen molar-refractivity contribution in [3.63, 3.8) is 0 Å². The molecule has 0 aliphatic heterocycles. The maximum atomic E-state index is 9.14. The van der Waals surface area contributed by atoms with Crippen LogP contribution in [0.25, 0.3) is 0 Å². The van der Waals surface area contributed by atoms with Crippen molar-refractivity contribution in [2.75, 3.05) is 20.7 Å². The van der Waals surface area contributed by atoms with Gasteiger partial charge in [-0.25, -0.2) is 0 Å². The summed E-state index contributed by atoms with van der Waals surface area (Å²) in [6, 6.07) is 0. The van der Waals surface area contributed by atoms with E-state index < -0.39 is 0 Å². The summed E-state index contributed by atoms with van der Waals surface area (Å²) in [5.74, 6) is 0. The standard InChI is InChI=1S/C8H19NO.C2H6.CH4O/c1-3-8(10)6-4-5-7-9-2;2*1-2/h8-10H,3-7H2,1-2H3;1-2H3;2H,1H3/t8-;;/m1../s1. The van der Waals surface area contributed by atoms with Crippen LogP contribution in [0.4, 0.5) is 0 Å². The third-order valence-electron chi connectivity index (χ3n) is 1.69. The monoisotopic (exact) mass is 207 g/mol. The summed E-state index contributed by atoms with van der Waals surface area (Å²) >= 11 is 0. The lowest BCUT2D eigenvalue weighted by molar-refractivity contribution is 0.157. The Balaban J connectivity index is -0.000000266. The van der Waals surface area contributed by atoms with E-state index in [0.717, 1.165) is 32.9 Å². The Morgan fingerprint density at radius 3 is 2.00 bits per heavy atom. The van der Waals surface area contributed by atoms with E-state index in [0.29, 0.717) is 0 Å². The Morgan fingerprint density at radius 2 is 1.64 bits per heavy atom. The predicted molar refractivity (Wildman–Crippen MR) is 63.6 cm³/mol. The number of hydrogen-bond acceptors (Lipinski definition) is 3. The Hall–Kier alpha value is -0.120. The molecule has 0 rings (SSSR count). The quantitative estimate of drug-likeness (QED) is 0.582. The van der Waals surface area contributed by atoms with Gasteiger partial charge >= 0.3 is 0 Å². The van der Waals surface area contributed by atoms with Crippen molar-refractivity contribution in [2.24, 2.45) is 0 Å². The third kappa shape index (κ3) is 22.6. The van der Waals surface area contributed by atoms with Gasteiger partial charge in [0, 0.05) is 7.11 Å². The van der Waals surface area contributed by atoms with E-state index in [-0.39, 0.29) is 6.10 Å². The first-order valence-electron chi connectivity index (χ1n) is 5.58. The molecule has 0 saturated heterocycles. The second kappa shape index (κ2) is 23.1. The summed E-state index contributed by atoms with van der Waals surface area (Å²) in [6.45, 7) is 7.08. The topological polar surface area (TPSA) is 52.5 Å². The van der Waals surface area contributed by atoms with Gasteiger partial charge in [-0.3, -0.25) is 0 Å². The minimum Gasteiger partial charge on any atom is -0.400 e. The summed E-state index contributed by atoms with van der Waals surface area (Å²) in [7, 11) is 2.95. The minimum absolute atomic E-state index is 0.0724. The van der Waals surface area contributed by atoms with Crippen molar-refractivity contribution in [3.05, 3.63) is 0 Å². The molecule has 0 aromatic carbocycles. The summed E-state index contributed by atoms with van der Waals surface area (Å²) in [5.41, 5.74) is 0. The summed E-state index contributed by atoms with van der Waals surface area (Å²) in [5, 5.41) is 19.2. The van der Waals surface area contributed by atoms with Gasteiger partial charge in [0.1, 0.15) is 0 Å². The van der Waals surface area contributed by atoms with Crippen LogP contribution >= 0.6 is 0 Å². The van der Waals surface area contributed by atoms with Crippen LogP contribution in [0.2, 0.25) is 0 Å². The van der Waals surface area contributed by atoms with Crippen LogP contribution in [0.15, 0.2) is 0 Å². The van der Waals surface area contributed by atoms with Crippen molar-refractivity contribution in [1.82, 2.24) is 5.32 Å². The number of nitrogens with one attached hydrogen (secondary N) is 1. The van der Waals surface area contributed by atoms with E-state index in [2.05, 4.69) is 5.32 Å². The van der Waals surface area contributed by atoms with Crippen molar-refractivity contribution >= 4 is 0 Å². The molecule has 0 aromatic heterocycles. The number of rotatable bonds is 6. The fourth-order valence-corrected chi connectivity index (χ4v) is 0.886. The van der Waals surface area contributed by atoms with Gasteiger partial charge in [-0.05, 0) is 39.3 Å². The maximum absolute atomic E-state index is 9.14. The Morgan fingerprint density at radius 1 is 1.14 bits per heavy atom. The van der Waals surface area contributed by atoms with Crippen LogP contribution in [-0.2, 0) is 0 Å². The molecule has 90 valence electrons. The van der Waals surface area contributed by atoms with E-state index in [9.17, 15) is 0 Å². The molecule has 1 atom stereocenters. The van der Waals surface area contributed by atoms with Crippen LogP contribution in [0, 0.1) is 0 Å². The number of hydrogen-bond donors (Lipinski definition) is 3. The third-order valence-corrected chi connectivity index (χ3v) is 1.69. The zero-order valence-electron chi connectivity index (χ0n) is 10.5. The average Bonchev–Trinajstić information content (AvgIpc) is 2.29. The van der Waals surface area contributed by atoms with Crippen LogP contribution < -0.4 is 5.32 Å². The molecule has 0 spiro atoms. The molecule has 0 heterocycles. The first-order valence-corrected chi connectivity index (χ1v) is 5.58. The van der Waals surface area contributed by atoms with Crippen molar-refractivity contribution in [3.8, 4) is 0 Å². The number of aliphatic hydroxyl groups is 2. The lowest BCUT2D eigenvalue weighted by Gasteiger charge is -2.05. The fraction of sp³-hybridized carbons (Fsp3) is 1.00. The van der Waals surface area contributed by atoms with E-state index in [4.69, 9.17) is 10.2 Å². The van der Waals surface area contributed by atoms with Crippen molar-refractivity contribution in [2.45, 2.75) is 52.6 Å². The maximum Gasteiger partial charge on any atom is 0.0537 e. The summed E-state index contributed by atoms with van der Waals surface area (Å²) in [4.78, 5) is 0. The van der Waals surface area contributed by atoms with Gasteiger partial charge in [-0.1, -0.05) is 20.8 Å². The first-order chi connectivity index (χ1) is 6.81. The fourth-order valence-electron chi connectivity index (χ4n) is 0.886. The molecule has 0 aliphatic carbocycles. The largest absolute Gasteiger partial charge is 0.400 e. The SMILES string of the molecule is CC.CC[C@@H](O)CCCCNC.CO. The molecule has 0 bridgehead atoms. The lowest BCUT2D eigenvalue weighted by atomic mass is 10.1. The van der Waals surface area contributed by atoms with Gasteiger partial charge < -0.3 is 15.5 Å². The smallest absolute Gasteiger partial charge is 0.0537 e. The first kappa shape index (κ1) is 19.5. The molecule has 0 radical (unpaired) electrons. The highest BCUT2D eigenvalue weighted by molar-refractivity contribution is 4.52. The lowest BCUT2D eigenvalue weighted by Crippen LogP contribution is -2.09. The van der Waals surface area contributed by atoms with Gasteiger partial charge in [-0.15, -0.1) is 0 Å². The highest BCUT2D eigenvalue weighted by Gasteiger charge is 1.98.